The molecule has 2 rings (SSSR count). The molecule has 26 heavy (non-hydrogen) atoms. The van der Waals surface area contributed by atoms with Crippen molar-refractivity contribution in [2.45, 2.75) is 26.3 Å². The second-order valence-corrected chi connectivity index (χ2v) is 8.59. The first kappa shape index (κ1) is 20.4. The van der Waals surface area contributed by atoms with Gasteiger partial charge in [-0.3, -0.25) is 4.79 Å². The van der Waals surface area contributed by atoms with Crippen LogP contribution in [0.1, 0.15) is 30.5 Å². The van der Waals surface area contributed by atoms with E-state index in [2.05, 4.69) is 5.32 Å². The van der Waals surface area contributed by atoms with E-state index < -0.39 is 10.0 Å². The molecule has 0 aliphatic heterocycles. The Morgan fingerprint density at radius 1 is 1.19 bits per heavy atom. The molecular weight excluding hydrogens is 372 g/mol. The van der Waals surface area contributed by atoms with Crippen molar-refractivity contribution in [3.8, 4) is 0 Å². The van der Waals surface area contributed by atoms with Crippen LogP contribution in [0.3, 0.4) is 0 Å². The topological polar surface area (TPSA) is 66.5 Å². The standard InChI is InChI=1S/C19H23ClN2O3S/c1-14-9-10-17(20)13-18(14)21-19(23)11-12-22(26(3,24)25)15(2)16-7-5-4-6-8-16/h4-10,13,15H,11-12H2,1-3H3,(H,21,23). The maximum Gasteiger partial charge on any atom is 0.225 e. The van der Waals surface area contributed by atoms with Crippen LogP contribution in [0.15, 0.2) is 48.5 Å². The van der Waals surface area contributed by atoms with Gasteiger partial charge in [0.15, 0.2) is 0 Å². The van der Waals surface area contributed by atoms with Crippen LogP contribution >= 0.6 is 11.6 Å². The third kappa shape index (κ3) is 5.56. The molecule has 140 valence electrons. The number of nitrogens with zero attached hydrogens (tertiary/aromatic N) is 1. The molecule has 0 aliphatic carbocycles. The van der Waals surface area contributed by atoms with E-state index >= 15 is 0 Å². The highest BCUT2D eigenvalue weighted by Gasteiger charge is 2.25. The van der Waals surface area contributed by atoms with E-state index in [1.807, 2.05) is 50.2 Å². The van der Waals surface area contributed by atoms with Crippen molar-refractivity contribution in [1.29, 1.82) is 0 Å². The average Bonchev–Trinajstić information content (AvgIpc) is 2.57. The molecule has 0 fully saturated rings. The Bertz CT molecular complexity index is 870. The molecule has 0 bridgehead atoms. The van der Waals surface area contributed by atoms with Crippen LogP contribution in [0.4, 0.5) is 5.69 Å². The number of amides is 1. The van der Waals surface area contributed by atoms with Crippen molar-refractivity contribution >= 4 is 33.2 Å². The Balaban J connectivity index is 2.08. The van der Waals surface area contributed by atoms with E-state index in [4.69, 9.17) is 11.6 Å². The van der Waals surface area contributed by atoms with E-state index in [9.17, 15) is 13.2 Å². The van der Waals surface area contributed by atoms with E-state index in [0.29, 0.717) is 10.7 Å². The summed E-state index contributed by atoms with van der Waals surface area (Å²) in [6.45, 7) is 3.78. The summed E-state index contributed by atoms with van der Waals surface area (Å²) < 4.78 is 25.7. The molecule has 0 aromatic heterocycles. The van der Waals surface area contributed by atoms with Gasteiger partial charge in [-0.15, -0.1) is 0 Å². The van der Waals surface area contributed by atoms with Gasteiger partial charge in [0.25, 0.3) is 0 Å². The number of carbonyl (C=O) groups is 1. The van der Waals surface area contributed by atoms with Crippen LogP contribution in [0.25, 0.3) is 0 Å². The Morgan fingerprint density at radius 3 is 2.46 bits per heavy atom. The van der Waals surface area contributed by atoms with Crippen LogP contribution in [0.5, 0.6) is 0 Å². The molecule has 1 unspecified atom stereocenters. The predicted molar refractivity (Wildman–Crippen MR) is 106 cm³/mol. The molecule has 0 heterocycles. The van der Waals surface area contributed by atoms with Gasteiger partial charge in [-0.25, -0.2) is 8.42 Å². The van der Waals surface area contributed by atoms with Crippen molar-refractivity contribution < 1.29 is 13.2 Å². The highest BCUT2D eigenvalue weighted by Crippen LogP contribution is 2.24. The zero-order valence-electron chi connectivity index (χ0n) is 15.1. The summed E-state index contributed by atoms with van der Waals surface area (Å²) in [4.78, 5) is 12.3. The lowest BCUT2D eigenvalue weighted by atomic mass is 10.1. The van der Waals surface area contributed by atoms with Crippen LogP contribution in [0, 0.1) is 6.92 Å². The van der Waals surface area contributed by atoms with Crippen LogP contribution < -0.4 is 5.32 Å². The summed E-state index contributed by atoms with van der Waals surface area (Å²) in [7, 11) is -3.46. The average molecular weight is 395 g/mol. The number of aryl methyl sites for hydroxylation is 1. The molecule has 1 N–H and O–H groups in total. The number of hydrogen-bond acceptors (Lipinski definition) is 3. The van der Waals surface area contributed by atoms with E-state index in [1.165, 1.54) is 4.31 Å². The molecular formula is C19H23ClN2O3S. The Hall–Kier alpha value is -1.89. The number of rotatable bonds is 7. The molecule has 0 saturated carbocycles. The number of nitrogens with one attached hydrogen (secondary N) is 1. The maximum atomic E-state index is 12.3. The summed E-state index contributed by atoms with van der Waals surface area (Å²) in [5.41, 5.74) is 2.40. The smallest absolute Gasteiger partial charge is 0.225 e. The molecule has 5 nitrogen and oxygen atoms in total. The Morgan fingerprint density at radius 2 is 1.85 bits per heavy atom. The molecule has 1 amide bonds. The fraction of sp³-hybridized carbons (Fsp3) is 0.316. The third-order valence-electron chi connectivity index (χ3n) is 4.17. The number of sulfonamides is 1. The van der Waals surface area contributed by atoms with Gasteiger partial charge in [0, 0.05) is 29.7 Å². The first-order valence-corrected chi connectivity index (χ1v) is 10.5. The van der Waals surface area contributed by atoms with Crippen LogP contribution in [0.2, 0.25) is 5.02 Å². The van der Waals surface area contributed by atoms with E-state index in [-0.39, 0.29) is 24.9 Å². The van der Waals surface area contributed by atoms with E-state index in [1.54, 1.807) is 12.1 Å². The molecule has 0 aliphatic rings. The van der Waals surface area contributed by atoms with Gasteiger partial charge in [0.2, 0.25) is 15.9 Å². The lowest BCUT2D eigenvalue weighted by Gasteiger charge is -2.27. The van der Waals surface area contributed by atoms with Gasteiger partial charge in [-0.2, -0.15) is 4.31 Å². The third-order valence-corrected chi connectivity index (χ3v) is 5.76. The van der Waals surface area contributed by atoms with Crippen LogP contribution in [-0.4, -0.2) is 31.4 Å². The zero-order chi connectivity index (χ0) is 19.3. The van der Waals surface area contributed by atoms with E-state index in [0.717, 1.165) is 17.4 Å². The normalized spacial score (nSPS) is 12.8. The first-order chi connectivity index (χ1) is 12.2. The van der Waals surface area contributed by atoms with Gasteiger partial charge in [-0.1, -0.05) is 48.0 Å². The maximum absolute atomic E-state index is 12.3. The van der Waals surface area contributed by atoms with Gasteiger partial charge >= 0.3 is 0 Å². The monoisotopic (exact) mass is 394 g/mol. The second-order valence-electron chi connectivity index (χ2n) is 6.22. The minimum atomic E-state index is -3.46. The molecule has 2 aromatic rings. The van der Waals surface area contributed by atoms with Crippen molar-refractivity contribution in [1.82, 2.24) is 4.31 Å². The summed E-state index contributed by atoms with van der Waals surface area (Å²) in [6, 6.07) is 14.2. The summed E-state index contributed by atoms with van der Waals surface area (Å²) in [5, 5.41) is 3.32. The lowest BCUT2D eigenvalue weighted by molar-refractivity contribution is -0.116. The highest BCUT2D eigenvalue weighted by atomic mass is 35.5. The molecule has 1 atom stereocenters. The van der Waals surface area contributed by atoms with Crippen molar-refractivity contribution in [2.24, 2.45) is 0 Å². The number of carbonyl (C=O) groups excluding carboxylic acids is 1. The number of hydrogen-bond donors (Lipinski definition) is 1. The number of benzene rings is 2. The van der Waals surface area contributed by atoms with Gasteiger partial charge in [-0.05, 0) is 37.1 Å². The Kier molecular flexibility index (Phi) is 6.81. The quantitative estimate of drug-likeness (QED) is 0.771. The number of halogens is 1. The lowest BCUT2D eigenvalue weighted by Crippen LogP contribution is -2.35. The first-order valence-electron chi connectivity index (χ1n) is 8.26. The van der Waals surface area contributed by atoms with Crippen molar-refractivity contribution in [3.05, 3.63) is 64.7 Å². The Labute approximate surface area is 160 Å². The SMILES string of the molecule is Cc1ccc(Cl)cc1NC(=O)CCN(C(C)c1ccccc1)S(C)(=O)=O. The summed E-state index contributed by atoms with van der Waals surface area (Å²) >= 11 is 5.96. The molecule has 0 saturated heterocycles. The minimum absolute atomic E-state index is 0.0518. The van der Waals surface area contributed by atoms with Gasteiger partial charge in [0.1, 0.15) is 0 Å². The van der Waals surface area contributed by atoms with Gasteiger partial charge < -0.3 is 5.32 Å². The summed E-state index contributed by atoms with van der Waals surface area (Å²) in [6.07, 6.45) is 1.21. The summed E-state index contributed by atoms with van der Waals surface area (Å²) in [5.74, 6) is -0.260. The fourth-order valence-electron chi connectivity index (χ4n) is 2.70. The molecule has 7 heteroatoms. The minimum Gasteiger partial charge on any atom is -0.326 e. The van der Waals surface area contributed by atoms with Crippen molar-refractivity contribution in [3.63, 3.8) is 0 Å². The largest absolute Gasteiger partial charge is 0.326 e. The zero-order valence-corrected chi connectivity index (χ0v) is 16.6. The van der Waals surface area contributed by atoms with Crippen LogP contribution in [-0.2, 0) is 14.8 Å². The molecule has 0 spiro atoms. The van der Waals surface area contributed by atoms with Gasteiger partial charge in [0.05, 0.1) is 6.26 Å². The predicted octanol–water partition coefficient (Wildman–Crippen LogP) is 4.00. The fourth-order valence-corrected chi connectivity index (χ4v) is 3.99. The number of anilines is 1. The van der Waals surface area contributed by atoms with Crippen molar-refractivity contribution in [2.75, 3.05) is 18.1 Å². The second kappa shape index (κ2) is 8.66. The highest BCUT2D eigenvalue weighted by molar-refractivity contribution is 7.88. The molecule has 0 radical (unpaired) electrons. The molecule has 2 aromatic carbocycles.